The molecule has 2 fully saturated rings. The summed E-state index contributed by atoms with van der Waals surface area (Å²) in [6.45, 7) is 0.837. The second kappa shape index (κ2) is 7.03. The van der Waals surface area contributed by atoms with Crippen LogP contribution < -0.4 is 4.74 Å². The van der Waals surface area contributed by atoms with Crippen molar-refractivity contribution in [1.29, 1.82) is 0 Å². The minimum absolute atomic E-state index is 0.00183. The fourth-order valence-electron chi connectivity index (χ4n) is 4.19. The molecule has 0 spiro atoms. The molecule has 26 heavy (non-hydrogen) atoms. The normalized spacial score (nSPS) is 28.0. The third kappa shape index (κ3) is 3.16. The van der Waals surface area contributed by atoms with Crippen molar-refractivity contribution < 1.29 is 14.3 Å². The van der Waals surface area contributed by atoms with Crippen molar-refractivity contribution in [1.82, 2.24) is 24.9 Å². The predicted octanol–water partition coefficient (Wildman–Crippen LogP) is 1.29. The molecule has 1 amide bonds. The molecule has 1 saturated carbocycles. The number of nitrogens with zero attached hydrogens (tertiary/aromatic N) is 5. The van der Waals surface area contributed by atoms with Crippen molar-refractivity contribution in [3.05, 3.63) is 36.8 Å². The first-order chi connectivity index (χ1) is 12.7. The highest BCUT2D eigenvalue weighted by atomic mass is 16.5. The Morgan fingerprint density at radius 1 is 1.27 bits per heavy atom. The van der Waals surface area contributed by atoms with Crippen LogP contribution >= 0.6 is 0 Å². The highest BCUT2D eigenvalue weighted by Crippen LogP contribution is 2.43. The van der Waals surface area contributed by atoms with Crippen molar-refractivity contribution >= 4 is 5.91 Å². The highest BCUT2D eigenvalue weighted by molar-refractivity contribution is 5.76. The lowest BCUT2D eigenvalue weighted by Crippen LogP contribution is -2.54. The molecule has 8 nitrogen and oxygen atoms in total. The zero-order valence-electron chi connectivity index (χ0n) is 14.8. The van der Waals surface area contributed by atoms with Crippen molar-refractivity contribution in [3.8, 4) is 5.88 Å². The predicted molar refractivity (Wildman–Crippen MR) is 92.4 cm³/mol. The molecule has 1 aliphatic heterocycles. The van der Waals surface area contributed by atoms with Gasteiger partial charge < -0.3 is 14.4 Å². The average Bonchev–Trinajstić information content (AvgIpc) is 3.30. The third-order valence-electron chi connectivity index (χ3n) is 5.53. The highest BCUT2D eigenvalue weighted by Gasteiger charge is 2.53. The molecular formula is C18H23N5O3. The van der Waals surface area contributed by atoms with E-state index in [4.69, 9.17) is 9.47 Å². The Balaban J connectivity index is 1.48. The van der Waals surface area contributed by atoms with Crippen LogP contribution in [0.25, 0.3) is 0 Å². The molecule has 4 rings (SSSR count). The number of fused-ring (bicyclic) bond motifs is 1. The lowest BCUT2D eigenvalue weighted by molar-refractivity contribution is -0.140. The van der Waals surface area contributed by atoms with E-state index in [1.165, 1.54) is 4.80 Å². The maximum absolute atomic E-state index is 12.8. The number of carbonyl (C=O) groups is 1. The molecule has 0 N–H and O–H groups in total. The van der Waals surface area contributed by atoms with Gasteiger partial charge in [0.05, 0.1) is 24.0 Å². The van der Waals surface area contributed by atoms with Gasteiger partial charge in [-0.15, -0.1) is 0 Å². The van der Waals surface area contributed by atoms with E-state index in [1.807, 2.05) is 23.1 Å². The van der Waals surface area contributed by atoms with Crippen LogP contribution in [0.3, 0.4) is 0 Å². The molecule has 3 atom stereocenters. The third-order valence-corrected chi connectivity index (χ3v) is 5.53. The molecular weight excluding hydrogens is 334 g/mol. The van der Waals surface area contributed by atoms with Crippen molar-refractivity contribution in [2.24, 2.45) is 0 Å². The van der Waals surface area contributed by atoms with Gasteiger partial charge in [-0.25, -0.2) is 4.98 Å². The van der Waals surface area contributed by atoms with Crippen molar-refractivity contribution in [2.45, 2.75) is 50.0 Å². The first-order valence-corrected chi connectivity index (χ1v) is 8.96. The second-order valence-corrected chi connectivity index (χ2v) is 6.86. The molecule has 138 valence electrons. The van der Waals surface area contributed by atoms with E-state index in [0.29, 0.717) is 12.4 Å². The summed E-state index contributed by atoms with van der Waals surface area (Å²) in [6.07, 6.45) is 8.25. The molecule has 2 aromatic rings. The van der Waals surface area contributed by atoms with E-state index in [9.17, 15) is 4.79 Å². The van der Waals surface area contributed by atoms with E-state index < -0.39 is 0 Å². The summed E-state index contributed by atoms with van der Waals surface area (Å²) >= 11 is 0. The van der Waals surface area contributed by atoms with Crippen LogP contribution in [0.5, 0.6) is 5.88 Å². The number of methoxy groups -OCH3 is 1. The largest absolute Gasteiger partial charge is 0.474 e. The Bertz CT molecular complexity index is 739. The Kier molecular flexibility index (Phi) is 4.58. The number of ether oxygens (including phenoxy) is 2. The number of carbonyl (C=O) groups excluding carboxylic acids is 1. The van der Waals surface area contributed by atoms with Crippen molar-refractivity contribution in [2.75, 3.05) is 13.7 Å². The molecule has 3 heterocycles. The van der Waals surface area contributed by atoms with Crippen LogP contribution in [0, 0.1) is 0 Å². The summed E-state index contributed by atoms with van der Waals surface area (Å²) in [6, 6.07) is 5.63. The molecule has 0 aromatic carbocycles. The summed E-state index contributed by atoms with van der Waals surface area (Å²) in [5, 5.41) is 8.07. The first-order valence-electron chi connectivity index (χ1n) is 8.96. The maximum atomic E-state index is 12.8. The van der Waals surface area contributed by atoms with Gasteiger partial charge in [0.15, 0.2) is 0 Å². The van der Waals surface area contributed by atoms with Gasteiger partial charge in [-0.05, 0) is 25.3 Å². The topological polar surface area (TPSA) is 82.4 Å². The number of likely N-dealkylation sites (tertiary alicyclic amines) is 1. The molecule has 0 radical (unpaired) electrons. The molecule has 0 bridgehead atoms. The molecule has 2 aliphatic rings. The Morgan fingerprint density at radius 3 is 2.85 bits per heavy atom. The summed E-state index contributed by atoms with van der Waals surface area (Å²) in [7, 11) is 1.75. The maximum Gasteiger partial charge on any atom is 0.246 e. The van der Waals surface area contributed by atoms with Crippen molar-refractivity contribution in [3.63, 3.8) is 0 Å². The molecule has 2 aromatic heterocycles. The van der Waals surface area contributed by atoms with Crippen LogP contribution in [0.1, 0.15) is 25.7 Å². The minimum atomic E-state index is -0.281. The van der Waals surface area contributed by atoms with Crippen LogP contribution in [0.2, 0.25) is 0 Å². The summed E-state index contributed by atoms with van der Waals surface area (Å²) in [5.41, 5.74) is -0.281. The van der Waals surface area contributed by atoms with Gasteiger partial charge in [0.2, 0.25) is 11.8 Å². The molecule has 1 saturated heterocycles. The molecule has 8 heteroatoms. The summed E-state index contributed by atoms with van der Waals surface area (Å²) < 4.78 is 12.0. The second-order valence-electron chi connectivity index (χ2n) is 6.86. The van der Waals surface area contributed by atoms with Gasteiger partial charge in [-0.3, -0.25) is 4.79 Å². The lowest BCUT2D eigenvalue weighted by Gasteiger charge is -2.43. The number of rotatable bonds is 5. The fourth-order valence-corrected chi connectivity index (χ4v) is 4.19. The fraction of sp³-hybridized carbons (Fsp3) is 0.556. The minimum Gasteiger partial charge on any atom is -0.474 e. The Hall–Kier alpha value is -2.48. The molecule has 0 unspecified atom stereocenters. The van der Waals surface area contributed by atoms with Gasteiger partial charge in [0.25, 0.3) is 0 Å². The number of amides is 1. The van der Waals surface area contributed by atoms with E-state index in [0.717, 1.165) is 25.7 Å². The number of hydrogen-bond donors (Lipinski definition) is 0. The first kappa shape index (κ1) is 17.0. The van der Waals surface area contributed by atoms with Gasteiger partial charge in [0.1, 0.15) is 12.6 Å². The van der Waals surface area contributed by atoms with E-state index in [-0.39, 0.29) is 30.2 Å². The van der Waals surface area contributed by atoms with Gasteiger partial charge >= 0.3 is 0 Å². The zero-order valence-corrected chi connectivity index (χ0v) is 14.8. The Morgan fingerprint density at radius 2 is 2.12 bits per heavy atom. The molecule has 1 aliphatic carbocycles. The lowest BCUT2D eigenvalue weighted by atomic mass is 9.79. The van der Waals surface area contributed by atoms with Crippen LogP contribution in [-0.4, -0.2) is 62.2 Å². The monoisotopic (exact) mass is 357 g/mol. The van der Waals surface area contributed by atoms with Gasteiger partial charge in [-0.1, -0.05) is 6.07 Å². The van der Waals surface area contributed by atoms with Gasteiger partial charge in [-0.2, -0.15) is 15.0 Å². The smallest absolute Gasteiger partial charge is 0.246 e. The number of aromatic nitrogens is 4. The zero-order chi connectivity index (χ0) is 18.0. The average molecular weight is 357 g/mol. The quantitative estimate of drug-likeness (QED) is 0.802. The van der Waals surface area contributed by atoms with E-state index in [2.05, 4.69) is 15.2 Å². The summed E-state index contributed by atoms with van der Waals surface area (Å²) in [4.78, 5) is 20.4. The SMILES string of the molecule is CO[C@@]12CC[C@H](Oc3ccccn3)C[C@@H]1N(C(=O)Cn1nccn1)CC2. The van der Waals surface area contributed by atoms with Crippen LogP contribution in [0.4, 0.5) is 0 Å². The van der Waals surface area contributed by atoms with Crippen LogP contribution in [-0.2, 0) is 16.1 Å². The summed E-state index contributed by atoms with van der Waals surface area (Å²) in [5.74, 6) is 0.641. The van der Waals surface area contributed by atoms with E-state index >= 15 is 0 Å². The standard InChI is InChI=1S/C18H23N5O3/c1-25-18-6-5-14(26-16-4-2-3-8-19-16)12-15(18)22(11-7-18)17(24)13-23-20-9-10-21-23/h2-4,8-10,14-15H,5-7,11-13H2,1H3/t14-,15-,18+/m0/s1. The van der Waals surface area contributed by atoms with Crippen LogP contribution in [0.15, 0.2) is 36.8 Å². The number of hydrogen-bond acceptors (Lipinski definition) is 6. The van der Waals surface area contributed by atoms with Gasteiger partial charge in [0, 0.05) is 32.3 Å². The number of pyridine rings is 1. The Labute approximate surface area is 152 Å². The van der Waals surface area contributed by atoms with E-state index in [1.54, 1.807) is 25.7 Å².